The Balaban J connectivity index is 2.07. The number of hydrogen-bond acceptors (Lipinski definition) is 3. The maximum absolute atomic E-state index is 12.3. The third-order valence-electron chi connectivity index (χ3n) is 4.25. The van der Waals surface area contributed by atoms with Gasteiger partial charge in [-0.1, -0.05) is 36.4 Å². The van der Waals surface area contributed by atoms with Gasteiger partial charge in [0.2, 0.25) is 5.91 Å². The third kappa shape index (κ3) is 3.29. The van der Waals surface area contributed by atoms with E-state index in [1.54, 1.807) is 17.1 Å². The number of carbonyl (C=O) groups excluding carboxylic acids is 1. The molecule has 0 saturated carbocycles. The molecule has 1 amide bonds. The van der Waals surface area contributed by atoms with Crippen LogP contribution in [0.1, 0.15) is 17.5 Å². The number of amides is 1. The molecule has 0 bridgehead atoms. The molecule has 0 aliphatic heterocycles. The number of aliphatic hydroxyl groups excluding tert-OH is 1. The van der Waals surface area contributed by atoms with Gasteiger partial charge in [0.1, 0.15) is 0 Å². The lowest BCUT2D eigenvalue weighted by Gasteiger charge is -2.31. The van der Waals surface area contributed by atoms with E-state index in [9.17, 15) is 9.90 Å². The average Bonchev–Trinajstić information content (AvgIpc) is 2.92. The number of benzene rings is 1. The SMILES string of the molecule is C=CCN(CC=C)C(=O)CN[C@]1(CO)CCc2ccccc21. The zero-order valence-electron chi connectivity index (χ0n) is 12.9. The van der Waals surface area contributed by atoms with Crippen LogP contribution in [-0.2, 0) is 16.8 Å². The number of aliphatic hydroxyl groups is 1. The normalized spacial score (nSPS) is 19.5. The van der Waals surface area contributed by atoms with Crippen molar-refractivity contribution >= 4 is 5.91 Å². The van der Waals surface area contributed by atoms with Crippen molar-refractivity contribution in [3.8, 4) is 0 Å². The van der Waals surface area contributed by atoms with Gasteiger partial charge in [-0.3, -0.25) is 10.1 Å². The van der Waals surface area contributed by atoms with Crippen LogP contribution in [0.2, 0.25) is 0 Å². The van der Waals surface area contributed by atoms with Gasteiger partial charge < -0.3 is 10.0 Å². The van der Waals surface area contributed by atoms with Gasteiger partial charge >= 0.3 is 0 Å². The standard InChI is InChI=1S/C18H24N2O2/c1-3-11-20(12-4-2)17(22)13-19-18(14-21)10-9-15-7-5-6-8-16(15)18/h3-8,19,21H,1-2,9-14H2/t18-/m0/s1. The van der Waals surface area contributed by atoms with Crippen molar-refractivity contribution in [1.82, 2.24) is 10.2 Å². The molecular formula is C18H24N2O2. The molecule has 118 valence electrons. The van der Waals surface area contributed by atoms with Crippen LogP contribution in [0.5, 0.6) is 0 Å². The fraction of sp³-hybridized carbons (Fsp3) is 0.389. The Labute approximate surface area is 132 Å². The van der Waals surface area contributed by atoms with E-state index in [1.165, 1.54) is 5.56 Å². The molecule has 1 aliphatic carbocycles. The monoisotopic (exact) mass is 300 g/mol. The quantitative estimate of drug-likeness (QED) is 0.717. The Kier molecular flexibility index (Phi) is 5.52. The molecule has 0 saturated heterocycles. The van der Waals surface area contributed by atoms with Crippen LogP contribution in [0.15, 0.2) is 49.6 Å². The van der Waals surface area contributed by atoms with Crippen molar-refractivity contribution in [2.24, 2.45) is 0 Å². The summed E-state index contributed by atoms with van der Waals surface area (Å²) in [4.78, 5) is 14.0. The van der Waals surface area contributed by atoms with E-state index >= 15 is 0 Å². The van der Waals surface area contributed by atoms with Crippen molar-refractivity contribution in [3.05, 3.63) is 60.7 Å². The van der Waals surface area contributed by atoms with Gasteiger partial charge in [0.05, 0.1) is 18.7 Å². The van der Waals surface area contributed by atoms with E-state index in [4.69, 9.17) is 0 Å². The van der Waals surface area contributed by atoms with Gasteiger partial charge in [-0.05, 0) is 24.0 Å². The highest BCUT2D eigenvalue weighted by atomic mass is 16.3. The number of rotatable bonds is 8. The fourth-order valence-corrected chi connectivity index (χ4v) is 3.04. The molecular weight excluding hydrogens is 276 g/mol. The first-order valence-corrected chi connectivity index (χ1v) is 7.60. The van der Waals surface area contributed by atoms with Crippen molar-refractivity contribution < 1.29 is 9.90 Å². The first kappa shape index (κ1) is 16.5. The van der Waals surface area contributed by atoms with E-state index in [0.29, 0.717) is 13.1 Å². The molecule has 0 unspecified atom stereocenters. The highest BCUT2D eigenvalue weighted by Crippen LogP contribution is 2.36. The zero-order valence-corrected chi connectivity index (χ0v) is 12.9. The van der Waals surface area contributed by atoms with Crippen molar-refractivity contribution in [2.75, 3.05) is 26.2 Å². The van der Waals surface area contributed by atoms with E-state index < -0.39 is 5.54 Å². The topological polar surface area (TPSA) is 52.6 Å². The van der Waals surface area contributed by atoms with Gasteiger partial charge in [-0.25, -0.2) is 0 Å². The summed E-state index contributed by atoms with van der Waals surface area (Å²) in [5.41, 5.74) is 1.83. The van der Waals surface area contributed by atoms with Crippen LogP contribution in [0.25, 0.3) is 0 Å². The van der Waals surface area contributed by atoms with Crippen LogP contribution in [-0.4, -0.2) is 42.2 Å². The van der Waals surface area contributed by atoms with Crippen molar-refractivity contribution in [2.45, 2.75) is 18.4 Å². The summed E-state index contributed by atoms with van der Waals surface area (Å²) in [6.07, 6.45) is 5.13. The van der Waals surface area contributed by atoms with Gasteiger partial charge in [-0.15, -0.1) is 13.2 Å². The molecule has 0 aromatic heterocycles. The molecule has 1 aliphatic rings. The lowest BCUT2D eigenvalue weighted by Crippen LogP contribution is -2.49. The van der Waals surface area contributed by atoms with Crippen molar-refractivity contribution in [1.29, 1.82) is 0 Å². The Bertz CT molecular complexity index is 546. The van der Waals surface area contributed by atoms with Crippen LogP contribution in [0.3, 0.4) is 0 Å². The number of aryl methyl sites for hydroxylation is 1. The summed E-state index contributed by atoms with van der Waals surface area (Å²) < 4.78 is 0. The number of nitrogens with zero attached hydrogens (tertiary/aromatic N) is 1. The van der Waals surface area contributed by atoms with Gasteiger partial charge in [0.25, 0.3) is 0 Å². The number of carbonyl (C=O) groups is 1. The lowest BCUT2D eigenvalue weighted by atomic mass is 9.92. The summed E-state index contributed by atoms with van der Waals surface area (Å²) in [6.45, 7) is 8.52. The van der Waals surface area contributed by atoms with Crippen LogP contribution >= 0.6 is 0 Å². The molecule has 22 heavy (non-hydrogen) atoms. The second-order valence-electron chi connectivity index (χ2n) is 5.63. The molecule has 1 atom stereocenters. The van der Waals surface area contributed by atoms with Gasteiger partial charge in [0, 0.05) is 13.1 Å². The predicted molar refractivity (Wildman–Crippen MR) is 88.5 cm³/mol. The minimum Gasteiger partial charge on any atom is -0.394 e. The first-order chi connectivity index (χ1) is 10.7. The Morgan fingerprint density at radius 3 is 2.64 bits per heavy atom. The number of nitrogens with one attached hydrogen (secondary N) is 1. The smallest absolute Gasteiger partial charge is 0.237 e. The molecule has 1 aromatic carbocycles. The maximum atomic E-state index is 12.3. The Morgan fingerprint density at radius 1 is 1.32 bits per heavy atom. The first-order valence-electron chi connectivity index (χ1n) is 7.60. The van der Waals surface area contributed by atoms with E-state index in [0.717, 1.165) is 18.4 Å². The van der Waals surface area contributed by atoms with Crippen LogP contribution in [0.4, 0.5) is 0 Å². The fourth-order valence-electron chi connectivity index (χ4n) is 3.04. The average molecular weight is 300 g/mol. The lowest BCUT2D eigenvalue weighted by molar-refractivity contribution is -0.129. The highest BCUT2D eigenvalue weighted by Gasteiger charge is 2.38. The Hall–Kier alpha value is -1.91. The van der Waals surface area contributed by atoms with Crippen LogP contribution in [0, 0.1) is 0 Å². The second kappa shape index (κ2) is 7.38. The van der Waals surface area contributed by atoms with Gasteiger partial charge in [0.15, 0.2) is 0 Å². The number of fused-ring (bicyclic) bond motifs is 1. The summed E-state index contributed by atoms with van der Waals surface area (Å²) in [7, 11) is 0. The molecule has 4 nitrogen and oxygen atoms in total. The summed E-state index contributed by atoms with van der Waals surface area (Å²) in [6, 6.07) is 8.09. The minimum atomic E-state index is -0.514. The third-order valence-corrected chi connectivity index (χ3v) is 4.25. The molecule has 2 N–H and O–H groups in total. The van der Waals surface area contributed by atoms with Crippen LogP contribution < -0.4 is 5.32 Å². The molecule has 0 radical (unpaired) electrons. The summed E-state index contributed by atoms with van der Waals surface area (Å²) >= 11 is 0. The van der Waals surface area contributed by atoms with Crippen molar-refractivity contribution in [3.63, 3.8) is 0 Å². The maximum Gasteiger partial charge on any atom is 0.237 e. The molecule has 0 fully saturated rings. The molecule has 0 heterocycles. The van der Waals surface area contributed by atoms with E-state index in [1.807, 2.05) is 18.2 Å². The minimum absolute atomic E-state index is 0.0137. The second-order valence-corrected chi connectivity index (χ2v) is 5.63. The molecule has 2 rings (SSSR count). The summed E-state index contributed by atoms with van der Waals surface area (Å²) in [5, 5.41) is 13.2. The molecule has 1 aromatic rings. The predicted octanol–water partition coefficient (Wildman–Crippen LogP) is 1.61. The Morgan fingerprint density at radius 2 is 2.00 bits per heavy atom. The van der Waals surface area contributed by atoms with E-state index in [-0.39, 0.29) is 19.1 Å². The highest BCUT2D eigenvalue weighted by molar-refractivity contribution is 5.78. The van der Waals surface area contributed by atoms with Gasteiger partial charge in [-0.2, -0.15) is 0 Å². The van der Waals surface area contributed by atoms with E-state index in [2.05, 4.69) is 24.5 Å². The molecule has 4 heteroatoms. The summed E-state index contributed by atoms with van der Waals surface area (Å²) in [5.74, 6) is -0.0167. The number of hydrogen-bond donors (Lipinski definition) is 2. The largest absolute Gasteiger partial charge is 0.394 e. The molecule has 0 spiro atoms. The zero-order chi connectivity index (χ0) is 16.0.